The zero-order chi connectivity index (χ0) is 46.6. The lowest BCUT2D eigenvalue weighted by Crippen LogP contribution is -2.21. The lowest BCUT2D eigenvalue weighted by molar-refractivity contribution is -0.000606. The normalized spacial score (nSPS) is 10.6. The first kappa shape index (κ1) is 66.4. The molecular formula is C48H103N5O4. The molecule has 0 aliphatic rings. The molecule has 0 aromatic heterocycles. The highest BCUT2D eigenvalue weighted by atomic mass is 16.6. The second-order valence-corrected chi connectivity index (χ2v) is 18.2. The molecular weight excluding hydrogens is 711 g/mol. The minimum Gasteiger partial charge on any atom is -0.399 e. The molecule has 0 N–H and O–H groups in total. The minimum atomic E-state index is -0.185. The maximum absolute atomic E-state index is 5.40. The Balaban J connectivity index is -0.000000141. The van der Waals surface area contributed by atoms with Gasteiger partial charge >= 0.3 is 0 Å². The van der Waals surface area contributed by atoms with Gasteiger partial charge in [-0.1, -0.05) is 179 Å². The van der Waals surface area contributed by atoms with Gasteiger partial charge in [-0.15, -0.1) is 0 Å². The van der Waals surface area contributed by atoms with E-state index in [-0.39, 0.29) is 5.60 Å². The van der Waals surface area contributed by atoms with E-state index in [2.05, 4.69) is 178 Å². The van der Waals surface area contributed by atoms with Crippen LogP contribution in [0, 0.1) is 59.2 Å². The Labute approximate surface area is 358 Å². The summed E-state index contributed by atoms with van der Waals surface area (Å²) >= 11 is 0. The van der Waals surface area contributed by atoms with Gasteiger partial charge in [0.25, 0.3) is 0 Å². The molecule has 0 rings (SSSR count). The highest BCUT2D eigenvalue weighted by molar-refractivity contribution is 5.89. The van der Waals surface area contributed by atoms with Crippen LogP contribution in [0.15, 0.2) is 25.6 Å². The summed E-state index contributed by atoms with van der Waals surface area (Å²) in [4.78, 5) is 24.3. The third-order valence-electron chi connectivity index (χ3n) is 7.39. The van der Waals surface area contributed by atoms with Crippen LogP contribution in [0.25, 0.3) is 0 Å². The van der Waals surface area contributed by atoms with Crippen molar-refractivity contribution in [3.05, 3.63) is 0 Å². The van der Waals surface area contributed by atoms with Crippen molar-refractivity contribution in [3.63, 3.8) is 0 Å². The molecule has 0 heterocycles. The molecule has 0 aliphatic carbocycles. The topological polar surface area (TPSA) is 98.7 Å². The van der Waals surface area contributed by atoms with Crippen molar-refractivity contribution in [2.45, 2.75) is 199 Å². The third kappa shape index (κ3) is 44.5. The van der Waals surface area contributed by atoms with E-state index in [1.165, 1.54) is 12.1 Å². The molecule has 0 amide bonds. The van der Waals surface area contributed by atoms with Crippen LogP contribution in [-0.2, 0) is 19.4 Å². The maximum Gasteiger partial charge on any atom is 0.129 e. The van der Waals surface area contributed by atoms with Crippen molar-refractivity contribution in [1.29, 1.82) is 0 Å². The highest BCUT2D eigenvalue weighted by Crippen LogP contribution is 2.13. The quantitative estimate of drug-likeness (QED) is 0.114. The summed E-state index contributed by atoms with van der Waals surface area (Å²) in [6.45, 7) is 58.4. The monoisotopic (exact) mass is 814 g/mol. The predicted molar refractivity (Wildman–Crippen MR) is 259 cm³/mol. The zero-order valence-electron chi connectivity index (χ0n) is 43.8. The van der Waals surface area contributed by atoms with E-state index in [0.29, 0.717) is 72.4 Å². The van der Waals surface area contributed by atoms with Crippen molar-refractivity contribution < 1.29 is 19.4 Å². The summed E-state index contributed by atoms with van der Waals surface area (Å²) in [5.41, 5.74) is 5.68. The summed E-state index contributed by atoms with van der Waals surface area (Å²) in [5.74, 6) is 5.06. The third-order valence-corrected chi connectivity index (χ3v) is 7.39. The second-order valence-electron chi connectivity index (χ2n) is 18.2. The van der Waals surface area contributed by atoms with Gasteiger partial charge < -0.3 is 19.4 Å². The molecule has 0 radical (unpaired) electrons. The van der Waals surface area contributed by atoms with Crippen LogP contribution in [0.5, 0.6) is 0 Å². The van der Waals surface area contributed by atoms with Gasteiger partial charge in [-0.3, -0.25) is 4.99 Å². The van der Waals surface area contributed by atoms with Gasteiger partial charge in [0.1, 0.15) is 25.9 Å². The molecule has 57 heavy (non-hydrogen) atoms. The highest BCUT2D eigenvalue weighted by Gasteiger charge is 2.15. The Morgan fingerprint density at radius 3 is 0.719 bits per heavy atom. The van der Waals surface area contributed by atoms with Gasteiger partial charge in [-0.2, -0.15) is 0 Å². The van der Waals surface area contributed by atoms with Gasteiger partial charge in [-0.25, -0.2) is 0 Å². The second kappa shape index (κ2) is 40.3. The van der Waals surface area contributed by atoms with Gasteiger partial charge in [0.2, 0.25) is 0 Å². The van der Waals surface area contributed by atoms with Crippen LogP contribution < -0.4 is 0 Å². The lowest BCUT2D eigenvalue weighted by atomic mass is 9.98. The molecule has 0 aromatic carbocycles. The van der Waals surface area contributed by atoms with Crippen LogP contribution in [0.4, 0.5) is 0 Å². The molecule has 0 aliphatic heterocycles. The zero-order valence-corrected chi connectivity index (χ0v) is 43.8. The van der Waals surface area contributed by atoms with Gasteiger partial charge in [-0.05, 0) is 93.8 Å². The molecule has 0 bridgehead atoms. The molecule has 0 unspecified atom stereocenters. The standard InChI is InChI=1S/C11H23NO.2C9H19NO.C8H17NO.C8H17N.C3H8/c1-8(2)10(9(3)4)12-13-11(5,6)7;2*1-6-11-10-9(7(2)3)8(4)5;1-6(2)8(7(3)4)9-10-5;1-6(2)8(9-5)7(3)4;1-3-2/h8-9H,1-7H3;2*7-8H,6H2,1-5H3;6-7H,1-5H3;6-7H,1-5H3;3H2,1-2H3. The van der Waals surface area contributed by atoms with E-state index in [4.69, 9.17) is 19.4 Å². The Kier molecular flexibility index (Phi) is 47.0. The van der Waals surface area contributed by atoms with Crippen molar-refractivity contribution >= 4 is 28.6 Å². The van der Waals surface area contributed by atoms with Crippen LogP contribution in [0.1, 0.15) is 193 Å². The fourth-order valence-electron chi connectivity index (χ4n) is 5.27. The number of hydrogen-bond donors (Lipinski definition) is 0. The summed E-state index contributed by atoms with van der Waals surface area (Å²) in [6.07, 6.45) is 1.25. The fourth-order valence-corrected chi connectivity index (χ4v) is 5.27. The van der Waals surface area contributed by atoms with Gasteiger partial charge in [0, 0.05) is 12.8 Å². The van der Waals surface area contributed by atoms with Crippen LogP contribution in [0.2, 0.25) is 0 Å². The average Bonchev–Trinajstić information content (AvgIpc) is 3.04. The molecule has 0 saturated carbocycles. The van der Waals surface area contributed by atoms with Crippen molar-refractivity contribution in [3.8, 4) is 0 Å². The number of hydrogen-bond acceptors (Lipinski definition) is 9. The van der Waals surface area contributed by atoms with Crippen molar-refractivity contribution in [1.82, 2.24) is 0 Å². The number of nitrogens with zero attached hydrogens (tertiary/aromatic N) is 5. The molecule has 344 valence electrons. The average molecular weight is 814 g/mol. The maximum atomic E-state index is 5.40. The van der Waals surface area contributed by atoms with E-state index in [1.807, 2.05) is 41.7 Å². The number of rotatable bonds is 16. The van der Waals surface area contributed by atoms with Crippen molar-refractivity contribution in [2.75, 3.05) is 27.4 Å². The van der Waals surface area contributed by atoms with Gasteiger partial charge in [0.15, 0.2) is 0 Å². The lowest BCUT2D eigenvalue weighted by Gasteiger charge is -2.19. The molecule has 9 nitrogen and oxygen atoms in total. The van der Waals surface area contributed by atoms with Crippen molar-refractivity contribution in [2.24, 2.45) is 84.8 Å². The summed E-state index contributed by atoms with van der Waals surface area (Å²) in [7, 11) is 3.46. The smallest absolute Gasteiger partial charge is 0.129 e. The van der Waals surface area contributed by atoms with E-state index >= 15 is 0 Å². The predicted octanol–water partition coefficient (Wildman–Crippen LogP) is 14.9. The molecule has 0 saturated heterocycles. The van der Waals surface area contributed by atoms with Crippen LogP contribution in [0.3, 0.4) is 0 Å². The SMILES string of the molecule is CC(C)C(=NOC(C)(C)C)C(C)C.CCC.CCON=C(C(C)C)C(C)C.CCON=C(C(C)C)C(C)C.CN=C(C(C)C)C(C)C.CON=C(C(C)C)C(C)C. The summed E-state index contributed by atoms with van der Waals surface area (Å²) < 4.78 is 0. The Morgan fingerprint density at radius 1 is 0.386 bits per heavy atom. The first-order valence-electron chi connectivity index (χ1n) is 22.2. The first-order chi connectivity index (χ1) is 26.0. The van der Waals surface area contributed by atoms with Gasteiger partial charge in [0.05, 0.1) is 22.8 Å². The van der Waals surface area contributed by atoms with E-state index in [1.54, 1.807) is 7.11 Å². The summed E-state index contributed by atoms with van der Waals surface area (Å²) in [5, 5.41) is 16.3. The number of aliphatic imine (C=N–C) groups is 1. The van der Waals surface area contributed by atoms with Crippen LogP contribution in [-0.4, -0.2) is 61.5 Å². The molecule has 0 aromatic rings. The fraction of sp³-hybridized carbons (Fsp3) is 0.896. The minimum absolute atomic E-state index is 0.185. The molecule has 0 atom stereocenters. The van der Waals surface area contributed by atoms with E-state index in [9.17, 15) is 0 Å². The largest absolute Gasteiger partial charge is 0.399 e. The first-order valence-corrected chi connectivity index (χ1v) is 22.2. The van der Waals surface area contributed by atoms with E-state index in [0.717, 1.165) is 22.8 Å². The number of oxime groups is 4. The Morgan fingerprint density at radius 2 is 0.596 bits per heavy atom. The Hall–Kier alpha value is -2.45. The summed E-state index contributed by atoms with van der Waals surface area (Å²) in [6, 6.07) is 0. The molecule has 0 spiro atoms. The van der Waals surface area contributed by atoms with Crippen LogP contribution >= 0.6 is 0 Å². The molecule has 9 heteroatoms. The molecule has 0 fully saturated rings. The Bertz CT molecular complexity index is 962. The van der Waals surface area contributed by atoms with E-state index < -0.39 is 0 Å².